The summed E-state index contributed by atoms with van der Waals surface area (Å²) in [6.45, 7) is 7.67. The van der Waals surface area contributed by atoms with Crippen LogP contribution in [0.3, 0.4) is 0 Å². The van der Waals surface area contributed by atoms with E-state index in [1.54, 1.807) is 0 Å². The van der Waals surface area contributed by atoms with Crippen LogP contribution < -0.4 is 0 Å². The number of hydrogen-bond acceptors (Lipinski definition) is 4. The summed E-state index contributed by atoms with van der Waals surface area (Å²) < 4.78 is 10.6. The highest BCUT2D eigenvalue weighted by molar-refractivity contribution is 5.69. The van der Waals surface area contributed by atoms with E-state index in [1.807, 2.05) is 0 Å². The molecular formula is C23H44O4. The summed E-state index contributed by atoms with van der Waals surface area (Å²) in [5.74, 6) is 0.429. The van der Waals surface area contributed by atoms with Gasteiger partial charge >= 0.3 is 11.9 Å². The number of unbranched alkanes of at least 4 members (excludes halogenated alkanes) is 7. The number of carbonyl (C=O) groups excluding carboxylic acids is 2. The molecule has 0 amide bonds. The normalized spacial score (nSPS) is 11.0. The fourth-order valence-corrected chi connectivity index (χ4v) is 3.27. The third-order valence-electron chi connectivity index (χ3n) is 4.90. The van der Waals surface area contributed by atoms with Crippen molar-refractivity contribution < 1.29 is 19.1 Å². The van der Waals surface area contributed by atoms with Crippen molar-refractivity contribution in [2.75, 3.05) is 13.2 Å². The van der Waals surface area contributed by atoms with Crippen LogP contribution in [-0.4, -0.2) is 25.2 Å². The minimum Gasteiger partial charge on any atom is -0.466 e. The van der Waals surface area contributed by atoms with E-state index in [-0.39, 0.29) is 11.9 Å². The highest BCUT2D eigenvalue weighted by Crippen LogP contribution is 2.15. The molecule has 0 saturated heterocycles. The fraction of sp³-hybridized carbons (Fsp3) is 0.913. The summed E-state index contributed by atoms with van der Waals surface area (Å²) >= 11 is 0. The smallest absolute Gasteiger partial charge is 0.305 e. The van der Waals surface area contributed by atoms with E-state index in [1.165, 1.54) is 0 Å². The molecule has 4 heteroatoms. The predicted molar refractivity (Wildman–Crippen MR) is 112 cm³/mol. The second-order valence-corrected chi connectivity index (χ2v) is 7.68. The molecule has 0 aromatic heterocycles. The molecule has 0 rings (SSSR count). The quantitative estimate of drug-likeness (QED) is 0.186. The maximum atomic E-state index is 11.8. The van der Waals surface area contributed by atoms with E-state index in [9.17, 15) is 9.59 Å². The van der Waals surface area contributed by atoms with Crippen molar-refractivity contribution in [2.45, 2.75) is 117 Å². The van der Waals surface area contributed by atoms with Gasteiger partial charge in [0.25, 0.3) is 0 Å². The Bertz CT molecular complexity index is 348. The van der Waals surface area contributed by atoms with Crippen LogP contribution >= 0.6 is 0 Å². The zero-order valence-corrected chi connectivity index (χ0v) is 18.2. The van der Waals surface area contributed by atoms with Crippen LogP contribution in [0.1, 0.15) is 117 Å². The van der Waals surface area contributed by atoms with Crippen molar-refractivity contribution >= 4 is 11.9 Å². The van der Waals surface area contributed by atoms with E-state index >= 15 is 0 Å². The predicted octanol–water partition coefficient (Wildman–Crippen LogP) is 6.60. The lowest BCUT2D eigenvalue weighted by atomic mass is 9.99. The van der Waals surface area contributed by atoms with Crippen molar-refractivity contribution in [2.24, 2.45) is 5.92 Å². The van der Waals surface area contributed by atoms with Gasteiger partial charge in [0.15, 0.2) is 0 Å². The molecule has 0 atom stereocenters. The van der Waals surface area contributed by atoms with Gasteiger partial charge in [-0.1, -0.05) is 72.1 Å². The van der Waals surface area contributed by atoms with Crippen LogP contribution in [-0.2, 0) is 19.1 Å². The summed E-state index contributed by atoms with van der Waals surface area (Å²) in [6.07, 6.45) is 15.1. The Labute approximate surface area is 167 Å². The fourth-order valence-electron chi connectivity index (χ4n) is 3.27. The Morgan fingerprint density at radius 1 is 0.630 bits per heavy atom. The summed E-state index contributed by atoms with van der Waals surface area (Å²) in [6, 6.07) is 0. The molecule has 0 aliphatic carbocycles. The van der Waals surface area contributed by atoms with Crippen molar-refractivity contribution in [3.8, 4) is 0 Å². The Kier molecular flexibility index (Phi) is 18.9. The average Bonchev–Trinajstić information content (AvgIpc) is 2.65. The van der Waals surface area contributed by atoms with Gasteiger partial charge in [-0.3, -0.25) is 9.59 Å². The first kappa shape index (κ1) is 25.9. The van der Waals surface area contributed by atoms with Gasteiger partial charge < -0.3 is 9.47 Å². The summed E-state index contributed by atoms with van der Waals surface area (Å²) in [4.78, 5) is 23.4. The number of esters is 2. The Morgan fingerprint density at radius 3 is 1.67 bits per heavy atom. The monoisotopic (exact) mass is 384 g/mol. The Morgan fingerprint density at radius 2 is 1.15 bits per heavy atom. The molecule has 27 heavy (non-hydrogen) atoms. The van der Waals surface area contributed by atoms with Gasteiger partial charge in [-0.15, -0.1) is 0 Å². The Hall–Kier alpha value is -1.06. The highest BCUT2D eigenvalue weighted by Gasteiger charge is 2.10. The molecule has 0 radical (unpaired) electrons. The molecular weight excluding hydrogens is 340 g/mol. The number of hydrogen-bond donors (Lipinski definition) is 0. The molecule has 0 aliphatic rings. The molecule has 4 nitrogen and oxygen atoms in total. The molecule has 0 aromatic rings. The van der Waals surface area contributed by atoms with Crippen molar-refractivity contribution in [1.29, 1.82) is 0 Å². The van der Waals surface area contributed by atoms with E-state index in [0.29, 0.717) is 32.0 Å². The van der Waals surface area contributed by atoms with Crippen LogP contribution in [0.15, 0.2) is 0 Å². The van der Waals surface area contributed by atoms with E-state index in [0.717, 1.165) is 83.5 Å². The topological polar surface area (TPSA) is 52.6 Å². The van der Waals surface area contributed by atoms with Gasteiger partial charge in [0.05, 0.1) is 13.2 Å². The molecule has 0 spiro atoms. The zero-order chi connectivity index (χ0) is 20.2. The van der Waals surface area contributed by atoms with E-state index in [2.05, 4.69) is 20.8 Å². The van der Waals surface area contributed by atoms with Gasteiger partial charge in [0, 0.05) is 12.8 Å². The van der Waals surface area contributed by atoms with Crippen LogP contribution in [0.4, 0.5) is 0 Å². The third-order valence-corrected chi connectivity index (χ3v) is 4.90. The number of carbonyl (C=O) groups is 2. The van der Waals surface area contributed by atoms with Crippen LogP contribution in [0.2, 0.25) is 0 Å². The van der Waals surface area contributed by atoms with Crippen molar-refractivity contribution in [1.82, 2.24) is 0 Å². The minimum absolute atomic E-state index is 0.0435. The lowest BCUT2D eigenvalue weighted by molar-refractivity contribution is -0.145. The summed E-state index contributed by atoms with van der Waals surface area (Å²) in [5, 5.41) is 0. The van der Waals surface area contributed by atoms with Crippen LogP contribution in [0.25, 0.3) is 0 Å². The van der Waals surface area contributed by atoms with Crippen LogP contribution in [0.5, 0.6) is 0 Å². The lowest BCUT2D eigenvalue weighted by Gasteiger charge is -2.15. The van der Waals surface area contributed by atoms with Gasteiger partial charge in [-0.05, 0) is 38.0 Å². The molecule has 0 bridgehead atoms. The first-order valence-electron chi connectivity index (χ1n) is 11.4. The van der Waals surface area contributed by atoms with Gasteiger partial charge in [-0.25, -0.2) is 0 Å². The minimum atomic E-state index is -0.0571. The molecule has 0 unspecified atom stereocenters. The molecule has 0 aromatic carbocycles. The average molecular weight is 385 g/mol. The maximum absolute atomic E-state index is 11.8. The number of ether oxygens (including phenoxy) is 2. The molecule has 0 heterocycles. The Balaban J connectivity index is 3.45. The standard InChI is InChI=1S/C23H44O4/c1-4-7-14-19-26-22(24)17-12-10-8-9-11-13-18-23(25)27-20-21(15-5-2)16-6-3/h21H,4-20H2,1-3H3. The second kappa shape index (κ2) is 19.7. The van der Waals surface area contributed by atoms with Gasteiger partial charge in [0.2, 0.25) is 0 Å². The second-order valence-electron chi connectivity index (χ2n) is 7.68. The molecule has 0 saturated carbocycles. The van der Waals surface area contributed by atoms with Crippen LogP contribution in [0, 0.1) is 5.92 Å². The molecule has 0 fully saturated rings. The molecule has 0 aliphatic heterocycles. The molecule has 0 N–H and O–H groups in total. The highest BCUT2D eigenvalue weighted by atomic mass is 16.5. The first-order valence-corrected chi connectivity index (χ1v) is 11.4. The first-order chi connectivity index (χ1) is 13.1. The van der Waals surface area contributed by atoms with Gasteiger partial charge in [-0.2, -0.15) is 0 Å². The summed E-state index contributed by atoms with van der Waals surface area (Å²) in [7, 11) is 0. The number of rotatable bonds is 19. The summed E-state index contributed by atoms with van der Waals surface area (Å²) in [5.41, 5.74) is 0. The molecule has 160 valence electrons. The van der Waals surface area contributed by atoms with Crippen molar-refractivity contribution in [3.05, 3.63) is 0 Å². The zero-order valence-electron chi connectivity index (χ0n) is 18.2. The van der Waals surface area contributed by atoms with Crippen molar-refractivity contribution in [3.63, 3.8) is 0 Å². The lowest BCUT2D eigenvalue weighted by Crippen LogP contribution is -2.14. The maximum Gasteiger partial charge on any atom is 0.305 e. The SMILES string of the molecule is CCCCCOC(=O)CCCCCCCCC(=O)OCC(CCC)CCC. The third kappa shape index (κ3) is 18.1. The van der Waals surface area contributed by atoms with Gasteiger partial charge in [0.1, 0.15) is 0 Å². The van der Waals surface area contributed by atoms with E-state index < -0.39 is 0 Å². The largest absolute Gasteiger partial charge is 0.466 e. The van der Waals surface area contributed by atoms with E-state index in [4.69, 9.17) is 9.47 Å².